The summed E-state index contributed by atoms with van der Waals surface area (Å²) in [5, 5.41) is 27.6. The van der Waals surface area contributed by atoms with Crippen molar-refractivity contribution in [1.82, 2.24) is 0 Å². The predicted molar refractivity (Wildman–Crippen MR) is 105 cm³/mol. The lowest BCUT2D eigenvalue weighted by Gasteiger charge is -2.25. The standard InChI is InChI=1S/C12H24O2.C7H15NO3.ClH/c1-2-3-4-5-6-7-8-9-10-11-12(13)14;1-8(2,3)5-6(9)4-7(10)11;/h2-11H2,1H3,(H,13,14);6,9H,4-5H2,1-3H3;1H. The Morgan fingerprint density at radius 2 is 1.35 bits per heavy atom. The highest BCUT2D eigenvalue weighted by molar-refractivity contribution is 5.85. The number of hydrogen-bond donors (Lipinski definition) is 2. The molecule has 6 nitrogen and oxygen atoms in total. The Morgan fingerprint density at radius 1 is 0.923 bits per heavy atom. The quantitative estimate of drug-likeness (QED) is 0.347. The summed E-state index contributed by atoms with van der Waals surface area (Å²) in [7, 11) is 5.72. The number of aliphatic hydroxyl groups is 1. The van der Waals surface area contributed by atoms with Crippen molar-refractivity contribution < 1.29 is 29.4 Å². The number of halogens is 1. The fourth-order valence-corrected chi connectivity index (χ4v) is 2.48. The van der Waals surface area contributed by atoms with E-state index in [0.717, 1.165) is 12.8 Å². The van der Waals surface area contributed by atoms with E-state index in [1.165, 1.54) is 44.9 Å². The van der Waals surface area contributed by atoms with Crippen LogP contribution in [0.15, 0.2) is 0 Å². The van der Waals surface area contributed by atoms with Crippen LogP contribution in [0.5, 0.6) is 0 Å². The van der Waals surface area contributed by atoms with Gasteiger partial charge in [0.05, 0.1) is 27.6 Å². The highest BCUT2D eigenvalue weighted by Crippen LogP contribution is 2.10. The minimum Gasteiger partial charge on any atom is -0.550 e. The summed E-state index contributed by atoms with van der Waals surface area (Å²) in [6.07, 6.45) is 10.2. The summed E-state index contributed by atoms with van der Waals surface area (Å²) in [5.41, 5.74) is 0. The van der Waals surface area contributed by atoms with Crippen LogP contribution in [0.1, 0.15) is 77.6 Å². The van der Waals surface area contributed by atoms with Crippen LogP contribution >= 0.6 is 12.4 Å². The fourth-order valence-electron chi connectivity index (χ4n) is 2.48. The van der Waals surface area contributed by atoms with Gasteiger partial charge in [-0.3, -0.25) is 4.79 Å². The molecule has 0 saturated carbocycles. The molecule has 0 aliphatic carbocycles. The zero-order valence-electron chi connectivity index (χ0n) is 17.0. The molecule has 1 atom stereocenters. The summed E-state index contributed by atoms with van der Waals surface area (Å²) in [4.78, 5) is 20.2. The van der Waals surface area contributed by atoms with Gasteiger partial charge in [0.15, 0.2) is 0 Å². The molecule has 2 N–H and O–H groups in total. The Morgan fingerprint density at radius 3 is 1.69 bits per heavy atom. The molecule has 0 rings (SSSR count). The lowest BCUT2D eigenvalue weighted by molar-refractivity contribution is -0.873. The van der Waals surface area contributed by atoms with E-state index in [-0.39, 0.29) is 25.2 Å². The maximum Gasteiger partial charge on any atom is 0.306 e. The number of quaternary nitrogens is 1. The second-order valence-electron chi connectivity index (χ2n) is 7.68. The Balaban J connectivity index is -0.000000402. The van der Waals surface area contributed by atoms with E-state index in [4.69, 9.17) is 10.2 Å². The number of carbonyl (C=O) groups is 2. The monoisotopic (exact) mass is 397 g/mol. The van der Waals surface area contributed by atoms with E-state index in [9.17, 15) is 14.7 Å². The first-order valence-corrected chi connectivity index (χ1v) is 9.48. The van der Waals surface area contributed by atoms with Crippen LogP contribution in [0.2, 0.25) is 0 Å². The normalized spacial score (nSPS) is 11.7. The van der Waals surface area contributed by atoms with Crippen molar-refractivity contribution in [2.24, 2.45) is 0 Å². The van der Waals surface area contributed by atoms with E-state index in [1.54, 1.807) is 0 Å². The van der Waals surface area contributed by atoms with Crippen LogP contribution in [0.3, 0.4) is 0 Å². The smallest absolute Gasteiger partial charge is 0.306 e. The number of nitrogens with zero attached hydrogens (tertiary/aromatic N) is 1. The van der Waals surface area contributed by atoms with Gasteiger partial charge in [-0.2, -0.15) is 0 Å². The number of likely N-dealkylation sites (N-methyl/N-ethyl adjacent to an activating group) is 1. The number of aliphatic carboxylic acids is 2. The topological polar surface area (TPSA) is 97.7 Å². The lowest BCUT2D eigenvalue weighted by atomic mass is 10.1. The molecule has 7 heteroatoms. The number of unbranched alkanes of at least 4 members (excludes halogenated alkanes) is 8. The summed E-state index contributed by atoms with van der Waals surface area (Å²) < 4.78 is 0.578. The van der Waals surface area contributed by atoms with Crippen LogP contribution in [-0.2, 0) is 9.59 Å². The van der Waals surface area contributed by atoms with E-state index >= 15 is 0 Å². The summed E-state index contributed by atoms with van der Waals surface area (Å²) in [6, 6.07) is 0. The second kappa shape index (κ2) is 18.9. The van der Waals surface area contributed by atoms with Crippen molar-refractivity contribution in [1.29, 1.82) is 0 Å². The third kappa shape index (κ3) is 31.0. The molecular weight excluding hydrogens is 358 g/mol. The minimum absolute atomic E-state index is 0. The molecule has 0 aliphatic heterocycles. The van der Waals surface area contributed by atoms with Crippen LogP contribution in [-0.4, -0.2) is 60.4 Å². The second-order valence-corrected chi connectivity index (χ2v) is 7.68. The van der Waals surface area contributed by atoms with Gasteiger partial charge in [0, 0.05) is 5.97 Å². The molecule has 0 saturated heterocycles. The third-order valence-corrected chi connectivity index (χ3v) is 3.65. The van der Waals surface area contributed by atoms with Gasteiger partial charge in [0.25, 0.3) is 0 Å². The van der Waals surface area contributed by atoms with Crippen molar-refractivity contribution in [2.45, 2.75) is 83.7 Å². The van der Waals surface area contributed by atoms with Crippen molar-refractivity contribution in [3.05, 3.63) is 0 Å². The average molecular weight is 398 g/mol. The molecule has 0 spiro atoms. The van der Waals surface area contributed by atoms with Gasteiger partial charge in [-0.05, 0) is 12.8 Å². The van der Waals surface area contributed by atoms with Crippen molar-refractivity contribution in [2.75, 3.05) is 27.7 Å². The maximum absolute atomic E-state index is 10.1. The molecule has 0 aromatic carbocycles. The van der Waals surface area contributed by atoms with Crippen molar-refractivity contribution in [3.8, 4) is 0 Å². The van der Waals surface area contributed by atoms with Gasteiger partial charge in [-0.25, -0.2) is 0 Å². The molecule has 26 heavy (non-hydrogen) atoms. The van der Waals surface area contributed by atoms with Gasteiger partial charge in [0.1, 0.15) is 12.6 Å². The molecule has 0 amide bonds. The predicted octanol–water partition coefficient (Wildman–Crippen LogP) is 2.61. The first-order valence-electron chi connectivity index (χ1n) is 9.48. The third-order valence-electron chi connectivity index (χ3n) is 3.65. The van der Waals surface area contributed by atoms with Gasteiger partial charge in [-0.1, -0.05) is 58.3 Å². The maximum atomic E-state index is 10.1. The van der Waals surface area contributed by atoms with Crippen molar-refractivity contribution >= 4 is 24.3 Å². The largest absolute Gasteiger partial charge is 0.550 e. The fraction of sp³-hybridized carbons (Fsp3) is 0.895. The van der Waals surface area contributed by atoms with Gasteiger partial charge in [0.2, 0.25) is 0 Å². The van der Waals surface area contributed by atoms with Gasteiger partial charge in [-0.15, -0.1) is 12.4 Å². The molecule has 0 fully saturated rings. The molecule has 0 aromatic heterocycles. The number of carbonyl (C=O) groups excluding carboxylic acids is 1. The number of aliphatic hydroxyl groups excluding tert-OH is 1. The zero-order chi connectivity index (χ0) is 19.7. The lowest BCUT2D eigenvalue weighted by Crippen LogP contribution is -2.42. The summed E-state index contributed by atoms with van der Waals surface area (Å²) >= 11 is 0. The molecule has 158 valence electrons. The number of rotatable bonds is 14. The van der Waals surface area contributed by atoms with Gasteiger partial charge >= 0.3 is 5.97 Å². The Bertz CT molecular complexity index is 345. The Labute approximate surface area is 165 Å². The summed E-state index contributed by atoms with van der Waals surface area (Å²) in [6.45, 7) is 2.69. The molecule has 0 aromatic rings. The van der Waals surface area contributed by atoms with E-state index in [0.29, 0.717) is 11.0 Å². The van der Waals surface area contributed by atoms with Crippen LogP contribution < -0.4 is 5.11 Å². The first-order chi connectivity index (χ1) is 11.6. The molecule has 0 bridgehead atoms. The Hall–Kier alpha value is -0.850. The number of carboxylic acid groups (broad SMARTS) is 2. The van der Waals surface area contributed by atoms with E-state index < -0.39 is 18.0 Å². The molecule has 1 unspecified atom stereocenters. The molecule has 0 heterocycles. The first kappa shape index (κ1) is 29.9. The van der Waals surface area contributed by atoms with Crippen LogP contribution in [0, 0.1) is 0 Å². The minimum atomic E-state index is -0.953. The highest BCUT2D eigenvalue weighted by Gasteiger charge is 2.17. The Kier molecular flexibility index (Phi) is 21.8. The van der Waals surface area contributed by atoms with E-state index in [1.807, 2.05) is 21.1 Å². The highest BCUT2D eigenvalue weighted by atomic mass is 35.5. The molecule has 0 radical (unpaired) electrons. The van der Waals surface area contributed by atoms with E-state index in [2.05, 4.69) is 6.92 Å². The van der Waals surface area contributed by atoms with Crippen LogP contribution in [0.4, 0.5) is 0 Å². The van der Waals surface area contributed by atoms with Crippen LogP contribution in [0.25, 0.3) is 0 Å². The summed E-state index contributed by atoms with van der Waals surface area (Å²) in [5.74, 6) is -1.86. The number of hydrogen-bond acceptors (Lipinski definition) is 4. The molecule has 0 aliphatic rings. The van der Waals surface area contributed by atoms with Gasteiger partial charge < -0.3 is 24.6 Å². The average Bonchev–Trinajstić information content (AvgIpc) is 2.43. The SMILES string of the molecule is CCCCCCCCCCCC(=O)[O-].C[N+](C)(C)CC(O)CC(=O)O.Cl. The molecular formula is C19H40ClNO5. The zero-order valence-corrected chi connectivity index (χ0v) is 17.9. The number of carboxylic acids is 2. The van der Waals surface area contributed by atoms with Crippen molar-refractivity contribution in [3.63, 3.8) is 0 Å².